The van der Waals surface area contributed by atoms with E-state index in [-0.39, 0.29) is 67.3 Å². The van der Waals surface area contributed by atoms with Gasteiger partial charge in [0.05, 0.1) is 28.9 Å². The first-order valence-electron chi connectivity index (χ1n) is 13.7. The van der Waals surface area contributed by atoms with Crippen molar-refractivity contribution in [3.05, 3.63) is 133 Å². The molecule has 224 valence electrons. The molecule has 1 atom stereocenters. The number of hydrogen-bond acceptors (Lipinski definition) is 8. The van der Waals surface area contributed by atoms with Crippen LogP contribution in [0, 0.1) is 12.7 Å². The van der Waals surface area contributed by atoms with Crippen molar-refractivity contribution in [1.29, 1.82) is 0 Å². The summed E-state index contributed by atoms with van der Waals surface area (Å²) < 4.78 is 26.2. The summed E-state index contributed by atoms with van der Waals surface area (Å²) in [7, 11) is 0. The summed E-state index contributed by atoms with van der Waals surface area (Å²) in [5.41, 5.74) is -1.74. The molecule has 45 heavy (non-hydrogen) atoms. The number of fused-ring (bicyclic) bond motifs is 5. The summed E-state index contributed by atoms with van der Waals surface area (Å²) in [6.07, 6.45) is 1.41. The van der Waals surface area contributed by atoms with E-state index in [4.69, 9.17) is 20.8 Å². The van der Waals surface area contributed by atoms with E-state index < -0.39 is 34.6 Å². The molecular weight excluding hydrogens is 621 g/mol. The molecule has 1 spiro atoms. The summed E-state index contributed by atoms with van der Waals surface area (Å²) in [6.45, 7) is 4.88. The highest BCUT2D eigenvalue weighted by atomic mass is 35.5. The molecule has 2 aromatic heterocycles. The Morgan fingerprint density at radius 1 is 1.13 bits per heavy atom. The van der Waals surface area contributed by atoms with Crippen molar-refractivity contribution in [2.75, 3.05) is 16.4 Å². The molecule has 3 aromatic carbocycles. The van der Waals surface area contributed by atoms with Gasteiger partial charge < -0.3 is 14.1 Å². The first-order chi connectivity index (χ1) is 21.7. The maximum absolute atomic E-state index is 15.0. The Labute approximate surface area is 263 Å². The highest BCUT2D eigenvalue weighted by molar-refractivity contribution is 7.17. The number of benzene rings is 3. The van der Waals surface area contributed by atoms with Gasteiger partial charge in [0.15, 0.2) is 16.1 Å². The van der Waals surface area contributed by atoms with E-state index in [1.54, 1.807) is 43.3 Å². The van der Waals surface area contributed by atoms with Crippen LogP contribution in [0.1, 0.15) is 42.6 Å². The second kappa shape index (κ2) is 10.5. The number of amides is 2. The molecule has 7 rings (SSSR count). The summed E-state index contributed by atoms with van der Waals surface area (Å²) in [5.74, 6) is -3.08. The van der Waals surface area contributed by atoms with Crippen molar-refractivity contribution < 1.29 is 27.9 Å². The zero-order valence-corrected chi connectivity index (χ0v) is 25.1. The number of aryl methyl sites for hydroxylation is 1. The highest BCUT2D eigenvalue weighted by Gasteiger charge is 2.66. The molecule has 0 fully saturated rings. The molecule has 2 amide bonds. The number of thiazole rings is 1. The first-order valence-corrected chi connectivity index (χ1v) is 14.9. The predicted octanol–water partition coefficient (Wildman–Crippen LogP) is 6.14. The van der Waals surface area contributed by atoms with E-state index in [1.807, 2.05) is 0 Å². The summed E-state index contributed by atoms with van der Waals surface area (Å²) in [4.78, 5) is 63.8. The quantitative estimate of drug-likeness (QED) is 0.162. The lowest BCUT2D eigenvalue weighted by molar-refractivity contribution is -0.121. The normalized spacial score (nSPS) is 16.9. The van der Waals surface area contributed by atoms with Crippen molar-refractivity contribution >= 4 is 62.5 Å². The van der Waals surface area contributed by atoms with Crippen LogP contribution in [0.25, 0.3) is 11.0 Å². The number of aromatic nitrogens is 1. The summed E-state index contributed by atoms with van der Waals surface area (Å²) in [5, 5.41) is 0.284. The molecular formula is C33H21ClFN3O6S. The third-order valence-corrected chi connectivity index (χ3v) is 9.22. The van der Waals surface area contributed by atoms with Gasteiger partial charge in [0, 0.05) is 16.1 Å². The molecule has 1 unspecified atom stereocenters. The largest absolute Gasteiger partial charge is 0.457 e. The van der Waals surface area contributed by atoms with Crippen LogP contribution in [0.4, 0.5) is 15.2 Å². The Kier molecular flexibility index (Phi) is 6.68. The van der Waals surface area contributed by atoms with E-state index in [9.17, 15) is 23.6 Å². The van der Waals surface area contributed by atoms with Crippen LogP contribution < -0.4 is 15.2 Å². The molecule has 0 aliphatic carbocycles. The Morgan fingerprint density at radius 2 is 1.89 bits per heavy atom. The van der Waals surface area contributed by atoms with Gasteiger partial charge in [-0.3, -0.25) is 19.3 Å². The minimum absolute atomic E-state index is 0.0353. The summed E-state index contributed by atoms with van der Waals surface area (Å²) >= 11 is 7.08. The maximum atomic E-state index is 15.0. The number of para-hydroxylation sites is 1. The molecule has 12 heteroatoms. The number of anilines is 2. The molecule has 9 nitrogen and oxygen atoms in total. The van der Waals surface area contributed by atoms with Crippen LogP contribution in [-0.2, 0) is 21.6 Å². The standard InChI is InChI=1S/C33H21ClFN3O6S/c1-3-14-43-30(41)28-17(2)36-32(45-28)38-29(40)27-25(26(39)20-15-19(34)12-13-24(20)44-27)33(38)21-9-5-7-11-23(21)37(31(33)42)16-18-8-4-6-10-22(18)35/h3-13,15H,1,14,16H2,2H3. The van der Waals surface area contributed by atoms with Crippen LogP contribution in [-0.4, -0.2) is 29.4 Å². The molecule has 0 saturated carbocycles. The van der Waals surface area contributed by atoms with Crippen molar-refractivity contribution in [3.63, 3.8) is 0 Å². The van der Waals surface area contributed by atoms with E-state index in [0.717, 1.165) is 16.2 Å². The van der Waals surface area contributed by atoms with Gasteiger partial charge in [0.1, 0.15) is 22.9 Å². The van der Waals surface area contributed by atoms with Crippen molar-refractivity contribution in [2.45, 2.75) is 19.0 Å². The predicted molar refractivity (Wildman–Crippen MR) is 166 cm³/mol. The molecule has 4 heterocycles. The first kappa shape index (κ1) is 28.6. The second-order valence-electron chi connectivity index (χ2n) is 10.4. The van der Waals surface area contributed by atoms with Crippen molar-refractivity contribution in [2.24, 2.45) is 0 Å². The monoisotopic (exact) mass is 641 g/mol. The van der Waals surface area contributed by atoms with Crippen LogP contribution in [0.5, 0.6) is 0 Å². The SMILES string of the molecule is C=CCOC(=O)c1sc(N2C(=O)c3oc4ccc(Cl)cc4c(=O)c3C23C(=O)N(Cc2ccccc2F)c2ccccc23)nc1C. The van der Waals surface area contributed by atoms with Crippen LogP contribution >= 0.6 is 22.9 Å². The Morgan fingerprint density at radius 3 is 2.67 bits per heavy atom. The molecule has 0 saturated heterocycles. The molecule has 0 bridgehead atoms. The Hall–Kier alpha value is -5.13. The van der Waals surface area contributed by atoms with E-state index in [2.05, 4.69) is 11.6 Å². The molecule has 0 N–H and O–H groups in total. The number of carbonyl (C=O) groups is 3. The van der Waals surface area contributed by atoms with Gasteiger partial charge in [-0.05, 0) is 37.3 Å². The zero-order valence-electron chi connectivity index (χ0n) is 23.5. The minimum Gasteiger partial charge on any atom is -0.457 e. The number of rotatable bonds is 6. The third kappa shape index (κ3) is 4.08. The second-order valence-corrected chi connectivity index (χ2v) is 11.8. The maximum Gasteiger partial charge on any atom is 0.350 e. The number of ether oxygens (including phenoxy) is 1. The summed E-state index contributed by atoms with van der Waals surface area (Å²) in [6, 6.07) is 17.1. The van der Waals surface area contributed by atoms with Gasteiger partial charge in [-0.25, -0.2) is 14.2 Å². The lowest BCUT2D eigenvalue weighted by atomic mass is 9.84. The zero-order chi connectivity index (χ0) is 31.6. The number of esters is 1. The third-order valence-electron chi connectivity index (χ3n) is 7.87. The van der Waals surface area contributed by atoms with Gasteiger partial charge >= 0.3 is 5.97 Å². The fourth-order valence-electron chi connectivity index (χ4n) is 5.96. The van der Waals surface area contributed by atoms with Crippen LogP contribution in [0.2, 0.25) is 5.02 Å². The lowest BCUT2D eigenvalue weighted by Gasteiger charge is -2.32. The number of halogens is 2. The van der Waals surface area contributed by atoms with Crippen molar-refractivity contribution in [3.8, 4) is 0 Å². The molecule has 0 radical (unpaired) electrons. The van der Waals surface area contributed by atoms with Gasteiger partial charge in [-0.2, -0.15) is 0 Å². The van der Waals surface area contributed by atoms with E-state index >= 15 is 0 Å². The Bertz CT molecular complexity index is 2180. The van der Waals surface area contributed by atoms with Crippen LogP contribution in [0.15, 0.2) is 88.6 Å². The molecule has 5 aromatic rings. The fraction of sp³-hybridized carbons (Fsp3) is 0.121. The van der Waals surface area contributed by atoms with Crippen molar-refractivity contribution in [1.82, 2.24) is 4.98 Å². The number of hydrogen-bond donors (Lipinski definition) is 0. The van der Waals surface area contributed by atoms with Crippen LogP contribution in [0.3, 0.4) is 0 Å². The highest BCUT2D eigenvalue weighted by Crippen LogP contribution is 2.55. The fourth-order valence-corrected chi connectivity index (χ4v) is 7.14. The Balaban J connectivity index is 1.53. The molecule has 2 aliphatic rings. The average molecular weight is 642 g/mol. The lowest BCUT2D eigenvalue weighted by Crippen LogP contribution is -2.53. The van der Waals surface area contributed by atoms with Gasteiger partial charge in [-0.1, -0.05) is 72.0 Å². The smallest absolute Gasteiger partial charge is 0.350 e. The van der Waals surface area contributed by atoms with E-state index in [0.29, 0.717) is 5.69 Å². The number of carbonyl (C=O) groups excluding carboxylic acids is 3. The molecule has 2 aliphatic heterocycles. The average Bonchev–Trinajstić information content (AvgIpc) is 3.62. The van der Waals surface area contributed by atoms with Gasteiger partial charge in [0.25, 0.3) is 11.8 Å². The topological polar surface area (TPSA) is 110 Å². The van der Waals surface area contributed by atoms with E-state index in [1.165, 1.54) is 41.3 Å². The minimum atomic E-state index is -2.10. The number of nitrogens with zero attached hydrogens (tertiary/aromatic N) is 3. The van der Waals surface area contributed by atoms with Gasteiger partial charge in [0.2, 0.25) is 5.76 Å². The van der Waals surface area contributed by atoms with Gasteiger partial charge in [-0.15, -0.1) is 0 Å².